The van der Waals surface area contributed by atoms with E-state index >= 15 is 0 Å². The van der Waals surface area contributed by atoms with Gasteiger partial charge >= 0.3 is 0 Å². The second-order valence-electron chi connectivity index (χ2n) is 3.85. The van der Waals surface area contributed by atoms with Crippen LogP contribution >= 0.6 is 0 Å². The van der Waals surface area contributed by atoms with Crippen molar-refractivity contribution in [1.29, 1.82) is 5.26 Å². The lowest BCUT2D eigenvalue weighted by atomic mass is 10.1. The van der Waals surface area contributed by atoms with Crippen LogP contribution in [0, 0.1) is 29.5 Å². The van der Waals surface area contributed by atoms with Crippen molar-refractivity contribution in [2.24, 2.45) is 0 Å². The number of nitriles is 1. The van der Waals surface area contributed by atoms with Crippen molar-refractivity contribution in [3.8, 4) is 18.4 Å². The van der Waals surface area contributed by atoms with Crippen LogP contribution in [0.3, 0.4) is 0 Å². The number of halogens is 1. The van der Waals surface area contributed by atoms with Crippen LogP contribution in [0.5, 0.6) is 0 Å². The molecule has 17 heavy (non-hydrogen) atoms. The maximum atomic E-state index is 13.2. The second-order valence-corrected chi connectivity index (χ2v) is 3.85. The van der Waals surface area contributed by atoms with Crippen molar-refractivity contribution in [2.75, 3.05) is 0 Å². The van der Waals surface area contributed by atoms with Gasteiger partial charge in [0.2, 0.25) is 0 Å². The number of rotatable bonds is 5. The van der Waals surface area contributed by atoms with Crippen molar-refractivity contribution in [3.05, 3.63) is 35.1 Å². The second kappa shape index (κ2) is 6.68. The topological polar surface area (TPSA) is 35.8 Å². The van der Waals surface area contributed by atoms with Gasteiger partial charge in [-0.25, -0.2) is 4.39 Å². The van der Waals surface area contributed by atoms with Gasteiger partial charge in [0.05, 0.1) is 11.6 Å². The molecule has 88 valence electrons. The van der Waals surface area contributed by atoms with Crippen molar-refractivity contribution < 1.29 is 4.39 Å². The number of benzene rings is 1. The standard InChI is InChI=1S/C14H15FN2/c1-3-5-14(4-2)17-10-12-6-11(9-16)7-13(15)8-12/h1,6-8,14,17H,4-5,10H2,2H3. The zero-order chi connectivity index (χ0) is 12.7. The van der Waals surface area contributed by atoms with Crippen LogP contribution < -0.4 is 5.32 Å². The summed E-state index contributed by atoms with van der Waals surface area (Å²) >= 11 is 0. The molecule has 0 amide bonds. The first-order valence-corrected chi connectivity index (χ1v) is 5.56. The van der Waals surface area contributed by atoms with E-state index in [4.69, 9.17) is 11.7 Å². The van der Waals surface area contributed by atoms with E-state index in [0.717, 1.165) is 12.0 Å². The lowest BCUT2D eigenvalue weighted by Gasteiger charge is -2.14. The molecule has 3 heteroatoms. The maximum Gasteiger partial charge on any atom is 0.124 e. The van der Waals surface area contributed by atoms with Crippen LogP contribution in [0.15, 0.2) is 18.2 Å². The van der Waals surface area contributed by atoms with E-state index in [1.54, 1.807) is 6.07 Å². The Labute approximate surface area is 101 Å². The molecule has 0 spiro atoms. The van der Waals surface area contributed by atoms with E-state index < -0.39 is 0 Å². The molecule has 0 aliphatic heterocycles. The summed E-state index contributed by atoms with van der Waals surface area (Å²) in [6.07, 6.45) is 6.82. The lowest BCUT2D eigenvalue weighted by molar-refractivity contribution is 0.505. The predicted molar refractivity (Wildman–Crippen MR) is 65.5 cm³/mol. The van der Waals surface area contributed by atoms with E-state index in [2.05, 4.69) is 11.2 Å². The van der Waals surface area contributed by atoms with Gasteiger partial charge < -0.3 is 5.32 Å². The van der Waals surface area contributed by atoms with E-state index in [1.165, 1.54) is 12.1 Å². The Balaban J connectivity index is 2.66. The molecule has 1 unspecified atom stereocenters. The van der Waals surface area contributed by atoms with Gasteiger partial charge in [0.25, 0.3) is 0 Å². The summed E-state index contributed by atoms with van der Waals surface area (Å²) in [7, 11) is 0. The summed E-state index contributed by atoms with van der Waals surface area (Å²) in [4.78, 5) is 0. The van der Waals surface area contributed by atoms with Crippen LogP contribution in [0.25, 0.3) is 0 Å². The third-order valence-corrected chi connectivity index (χ3v) is 2.54. The minimum Gasteiger partial charge on any atom is -0.309 e. The summed E-state index contributed by atoms with van der Waals surface area (Å²) in [5, 5.41) is 12.0. The minimum absolute atomic E-state index is 0.230. The fourth-order valence-electron chi connectivity index (χ4n) is 1.58. The molecule has 0 aliphatic carbocycles. The van der Waals surface area contributed by atoms with Crippen molar-refractivity contribution in [1.82, 2.24) is 5.32 Å². The largest absolute Gasteiger partial charge is 0.309 e. The molecule has 0 bridgehead atoms. The van der Waals surface area contributed by atoms with Gasteiger partial charge in [-0.2, -0.15) is 5.26 Å². The predicted octanol–water partition coefficient (Wildman–Crippen LogP) is 2.59. The first kappa shape index (κ1) is 13.2. The number of terminal acetylenes is 1. The Morgan fingerprint density at radius 3 is 2.82 bits per heavy atom. The summed E-state index contributed by atoms with van der Waals surface area (Å²) in [6, 6.07) is 6.50. The zero-order valence-corrected chi connectivity index (χ0v) is 9.83. The van der Waals surface area contributed by atoms with Crippen LogP contribution in [-0.2, 0) is 6.54 Å². The number of nitrogens with zero attached hydrogens (tertiary/aromatic N) is 1. The molecule has 1 atom stereocenters. The molecule has 1 aromatic rings. The fourth-order valence-corrected chi connectivity index (χ4v) is 1.58. The molecular formula is C14H15FN2. The summed E-state index contributed by atoms with van der Waals surface area (Å²) in [5.41, 5.74) is 1.10. The lowest BCUT2D eigenvalue weighted by Crippen LogP contribution is -2.27. The molecule has 1 aromatic carbocycles. The Morgan fingerprint density at radius 1 is 1.47 bits per heavy atom. The van der Waals surface area contributed by atoms with Gasteiger partial charge in [0.15, 0.2) is 0 Å². The molecule has 0 aliphatic rings. The van der Waals surface area contributed by atoms with Gasteiger partial charge in [-0.15, -0.1) is 12.3 Å². The molecule has 1 rings (SSSR count). The van der Waals surface area contributed by atoms with Gasteiger partial charge in [-0.3, -0.25) is 0 Å². The summed E-state index contributed by atoms with van der Waals surface area (Å²) < 4.78 is 13.2. The number of hydrogen-bond acceptors (Lipinski definition) is 2. The summed E-state index contributed by atoms with van der Waals surface area (Å²) in [6.45, 7) is 2.56. The van der Waals surface area contributed by atoms with Crippen LogP contribution in [0.1, 0.15) is 30.9 Å². The Kier molecular flexibility index (Phi) is 5.20. The molecule has 0 heterocycles. The van der Waals surface area contributed by atoms with Gasteiger partial charge in [-0.05, 0) is 30.2 Å². The average Bonchev–Trinajstić information content (AvgIpc) is 2.33. The fraction of sp³-hybridized carbons (Fsp3) is 0.357. The Hall–Kier alpha value is -1.84. The average molecular weight is 230 g/mol. The molecule has 0 saturated carbocycles. The normalized spacial score (nSPS) is 11.5. The first-order valence-electron chi connectivity index (χ1n) is 5.56. The van der Waals surface area contributed by atoms with E-state index in [0.29, 0.717) is 18.5 Å². The van der Waals surface area contributed by atoms with Crippen molar-refractivity contribution in [2.45, 2.75) is 32.4 Å². The highest BCUT2D eigenvalue weighted by atomic mass is 19.1. The smallest absolute Gasteiger partial charge is 0.124 e. The monoisotopic (exact) mass is 230 g/mol. The van der Waals surface area contributed by atoms with Gasteiger partial charge in [0.1, 0.15) is 5.82 Å². The third-order valence-electron chi connectivity index (χ3n) is 2.54. The highest BCUT2D eigenvalue weighted by molar-refractivity contribution is 5.33. The van der Waals surface area contributed by atoms with Crippen LogP contribution in [0.2, 0.25) is 0 Å². The minimum atomic E-state index is -0.383. The quantitative estimate of drug-likeness (QED) is 0.789. The van der Waals surface area contributed by atoms with E-state index in [9.17, 15) is 4.39 Å². The van der Waals surface area contributed by atoms with Gasteiger partial charge in [0, 0.05) is 19.0 Å². The van der Waals surface area contributed by atoms with Crippen LogP contribution in [-0.4, -0.2) is 6.04 Å². The van der Waals surface area contributed by atoms with Crippen molar-refractivity contribution >= 4 is 0 Å². The van der Waals surface area contributed by atoms with E-state index in [1.807, 2.05) is 13.0 Å². The molecule has 1 N–H and O–H groups in total. The first-order chi connectivity index (χ1) is 8.19. The maximum absolute atomic E-state index is 13.2. The molecular weight excluding hydrogens is 215 g/mol. The Bertz CT molecular complexity index is 454. The third kappa shape index (κ3) is 4.26. The molecule has 0 aromatic heterocycles. The Morgan fingerprint density at radius 2 is 2.24 bits per heavy atom. The molecule has 0 radical (unpaired) electrons. The highest BCUT2D eigenvalue weighted by Crippen LogP contribution is 2.09. The number of hydrogen-bond donors (Lipinski definition) is 1. The molecule has 2 nitrogen and oxygen atoms in total. The van der Waals surface area contributed by atoms with E-state index in [-0.39, 0.29) is 11.9 Å². The van der Waals surface area contributed by atoms with Gasteiger partial charge in [-0.1, -0.05) is 6.92 Å². The van der Waals surface area contributed by atoms with Crippen molar-refractivity contribution in [3.63, 3.8) is 0 Å². The summed E-state index contributed by atoms with van der Waals surface area (Å²) in [5.74, 6) is 2.22. The number of nitrogens with one attached hydrogen (secondary N) is 1. The molecule has 0 fully saturated rings. The highest BCUT2D eigenvalue weighted by Gasteiger charge is 2.05. The molecule has 0 saturated heterocycles. The zero-order valence-electron chi connectivity index (χ0n) is 9.83. The SMILES string of the molecule is C#CCC(CC)NCc1cc(F)cc(C#N)c1. The van der Waals surface area contributed by atoms with Crippen LogP contribution in [0.4, 0.5) is 4.39 Å².